The van der Waals surface area contributed by atoms with Gasteiger partial charge in [0.2, 0.25) is 5.91 Å². The third-order valence-electron chi connectivity index (χ3n) is 2.96. The van der Waals surface area contributed by atoms with Crippen LogP contribution in [-0.4, -0.2) is 30.2 Å². The number of carboxylic acids is 1. The van der Waals surface area contributed by atoms with Crippen LogP contribution >= 0.6 is 0 Å². The van der Waals surface area contributed by atoms with E-state index in [-0.39, 0.29) is 11.8 Å². The van der Waals surface area contributed by atoms with E-state index in [9.17, 15) is 14.7 Å². The fourth-order valence-electron chi connectivity index (χ4n) is 1.71. The second kappa shape index (κ2) is 8.07. The first-order valence-corrected chi connectivity index (χ1v) is 6.95. The zero-order valence-corrected chi connectivity index (χ0v) is 13.2. The summed E-state index contributed by atoms with van der Waals surface area (Å²) in [7, 11) is 1.51. The molecule has 1 amide bonds. The maximum atomic E-state index is 11.2. The molecule has 0 spiro atoms. The molecule has 0 radical (unpaired) electrons. The molecule has 0 bridgehead atoms. The van der Waals surface area contributed by atoms with E-state index in [0.717, 1.165) is 6.42 Å². The standard InChI is InChI=1S/C16H21NO5/c1-5-10(2)22-15-12(7-6-8-14(15)21-4)9-13(16(19)20)17-11(3)18/h6-10H,5H2,1-4H3,(H,17,18)(H,19,20)/b13-9-. The van der Waals surface area contributed by atoms with Crippen LogP contribution < -0.4 is 14.8 Å². The summed E-state index contributed by atoms with van der Waals surface area (Å²) in [6, 6.07) is 5.15. The molecule has 0 aliphatic heterocycles. The molecule has 120 valence electrons. The Labute approximate surface area is 129 Å². The fourth-order valence-corrected chi connectivity index (χ4v) is 1.71. The molecule has 1 unspecified atom stereocenters. The molecule has 0 saturated heterocycles. The van der Waals surface area contributed by atoms with E-state index >= 15 is 0 Å². The topological polar surface area (TPSA) is 84.9 Å². The Morgan fingerprint density at radius 2 is 2.09 bits per heavy atom. The Balaban J connectivity index is 3.32. The van der Waals surface area contributed by atoms with E-state index < -0.39 is 11.9 Å². The minimum Gasteiger partial charge on any atom is -0.493 e. The van der Waals surface area contributed by atoms with Gasteiger partial charge in [-0.1, -0.05) is 19.1 Å². The maximum Gasteiger partial charge on any atom is 0.352 e. The number of methoxy groups -OCH3 is 1. The van der Waals surface area contributed by atoms with Gasteiger partial charge in [0.05, 0.1) is 13.2 Å². The van der Waals surface area contributed by atoms with Crippen LogP contribution in [0.1, 0.15) is 32.8 Å². The first kappa shape index (κ1) is 17.6. The zero-order valence-electron chi connectivity index (χ0n) is 13.2. The van der Waals surface area contributed by atoms with Crippen molar-refractivity contribution in [3.8, 4) is 11.5 Å². The fraction of sp³-hybridized carbons (Fsp3) is 0.375. The summed E-state index contributed by atoms with van der Waals surface area (Å²) in [5.74, 6) is -0.737. The number of carbonyl (C=O) groups excluding carboxylic acids is 1. The van der Waals surface area contributed by atoms with E-state index in [1.165, 1.54) is 20.1 Å². The predicted molar refractivity (Wildman–Crippen MR) is 82.8 cm³/mol. The first-order valence-electron chi connectivity index (χ1n) is 6.95. The lowest BCUT2D eigenvalue weighted by molar-refractivity contribution is -0.134. The van der Waals surface area contributed by atoms with Gasteiger partial charge in [0, 0.05) is 12.5 Å². The average Bonchev–Trinajstić information content (AvgIpc) is 2.47. The van der Waals surface area contributed by atoms with Crippen LogP contribution in [0.15, 0.2) is 23.9 Å². The van der Waals surface area contributed by atoms with Crippen LogP contribution in [0.4, 0.5) is 0 Å². The van der Waals surface area contributed by atoms with Gasteiger partial charge >= 0.3 is 5.97 Å². The van der Waals surface area contributed by atoms with Crippen molar-refractivity contribution in [3.63, 3.8) is 0 Å². The Kier molecular flexibility index (Phi) is 6.44. The van der Waals surface area contributed by atoms with Gasteiger partial charge in [-0.15, -0.1) is 0 Å². The maximum absolute atomic E-state index is 11.2. The molecule has 22 heavy (non-hydrogen) atoms. The normalized spacial score (nSPS) is 12.5. The van der Waals surface area contributed by atoms with Crippen LogP contribution in [0.5, 0.6) is 11.5 Å². The summed E-state index contributed by atoms with van der Waals surface area (Å²) in [5, 5.41) is 11.5. The lowest BCUT2D eigenvalue weighted by Crippen LogP contribution is -2.24. The monoisotopic (exact) mass is 307 g/mol. The zero-order chi connectivity index (χ0) is 16.7. The van der Waals surface area contributed by atoms with Crippen LogP contribution in [0, 0.1) is 0 Å². The number of rotatable bonds is 7. The molecule has 0 fully saturated rings. The van der Waals surface area contributed by atoms with Crippen molar-refractivity contribution in [2.75, 3.05) is 7.11 Å². The molecule has 0 aliphatic rings. The Morgan fingerprint density at radius 3 is 2.59 bits per heavy atom. The number of ether oxygens (including phenoxy) is 2. The predicted octanol–water partition coefficient (Wildman–Crippen LogP) is 2.43. The molecular weight excluding hydrogens is 286 g/mol. The molecule has 0 saturated carbocycles. The molecule has 1 aromatic rings. The van der Waals surface area contributed by atoms with Crippen molar-refractivity contribution in [1.29, 1.82) is 0 Å². The highest BCUT2D eigenvalue weighted by atomic mass is 16.5. The molecule has 6 heteroatoms. The van der Waals surface area contributed by atoms with Crippen LogP contribution in [-0.2, 0) is 9.59 Å². The SMILES string of the molecule is CCC(C)Oc1c(/C=C(\NC(C)=O)C(=O)O)cccc1OC. The molecule has 1 atom stereocenters. The molecule has 1 rings (SSSR count). The summed E-state index contributed by atoms with van der Waals surface area (Å²) in [6.07, 6.45) is 2.08. The van der Waals surface area contributed by atoms with E-state index in [1.54, 1.807) is 18.2 Å². The van der Waals surface area contributed by atoms with Gasteiger partial charge in [-0.05, 0) is 25.5 Å². The molecule has 0 heterocycles. The van der Waals surface area contributed by atoms with Gasteiger partial charge in [0.15, 0.2) is 11.5 Å². The molecule has 1 aromatic carbocycles. The summed E-state index contributed by atoms with van der Waals surface area (Å²) in [4.78, 5) is 22.3. The number of nitrogens with one attached hydrogen (secondary N) is 1. The molecule has 0 aliphatic carbocycles. The molecule has 6 nitrogen and oxygen atoms in total. The van der Waals surface area contributed by atoms with Gasteiger partial charge in [0.25, 0.3) is 0 Å². The van der Waals surface area contributed by atoms with Crippen molar-refractivity contribution in [3.05, 3.63) is 29.5 Å². The van der Waals surface area contributed by atoms with Crippen molar-refractivity contribution in [2.45, 2.75) is 33.3 Å². The van der Waals surface area contributed by atoms with Gasteiger partial charge in [-0.3, -0.25) is 4.79 Å². The smallest absolute Gasteiger partial charge is 0.352 e. The highest BCUT2D eigenvalue weighted by Gasteiger charge is 2.15. The van der Waals surface area contributed by atoms with Gasteiger partial charge < -0.3 is 19.9 Å². The van der Waals surface area contributed by atoms with Crippen LogP contribution in [0.2, 0.25) is 0 Å². The second-order valence-corrected chi connectivity index (χ2v) is 4.76. The van der Waals surface area contributed by atoms with Crippen LogP contribution in [0.25, 0.3) is 6.08 Å². The number of hydrogen-bond donors (Lipinski definition) is 2. The van der Waals surface area contributed by atoms with Gasteiger partial charge in [-0.2, -0.15) is 0 Å². The third kappa shape index (κ3) is 4.80. The molecule has 2 N–H and O–H groups in total. The number of aliphatic carboxylic acids is 1. The Hall–Kier alpha value is -2.50. The first-order chi connectivity index (χ1) is 10.4. The Morgan fingerprint density at radius 1 is 1.41 bits per heavy atom. The van der Waals surface area contributed by atoms with Crippen molar-refractivity contribution >= 4 is 18.0 Å². The third-order valence-corrected chi connectivity index (χ3v) is 2.96. The number of benzene rings is 1. The van der Waals surface area contributed by atoms with E-state index in [1.807, 2.05) is 13.8 Å². The molecular formula is C16H21NO5. The number of hydrogen-bond acceptors (Lipinski definition) is 4. The summed E-state index contributed by atoms with van der Waals surface area (Å²) in [5.41, 5.74) is 0.292. The number of carboxylic acid groups (broad SMARTS) is 1. The summed E-state index contributed by atoms with van der Waals surface area (Å²) >= 11 is 0. The number of para-hydroxylation sites is 1. The van der Waals surface area contributed by atoms with E-state index in [4.69, 9.17) is 9.47 Å². The highest BCUT2D eigenvalue weighted by molar-refractivity contribution is 5.96. The van der Waals surface area contributed by atoms with Crippen molar-refractivity contribution in [2.24, 2.45) is 0 Å². The van der Waals surface area contributed by atoms with E-state index in [0.29, 0.717) is 17.1 Å². The lowest BCUT2D eigenvalue weighted by atomic mass is 10.1. The highest BCUT2D eigenvalue weighted by Crippen LogP contribution is 2.33. The minimum atomic E-state index is -1.23. The lowest BCUT2D eigenvalue weighted by Gasteiger charge is -2.18. The summed E-state index contributed by atoms with van der Waals surface area (Å²) in [6.45, 7) is 5.14. The average molecular weight is 307 g/mol. The number of carbonyl (C=O) groups is 2. The summed E-state index contributed by atoms with van der Waals surface area (Å²) < 4.78 is 11.1. The van der Waals surface area contributed by atoms with Crippen molar-refractivity contribution in [1.82, 2.24) is 5.32 Å². The largest absolute Gasteiger partial charge is 0.493 e. The van der Waals surface area contributed by atoms with E-state index in [2.05, 4.69) is 5.32 Å². The second-order valence-electron chi connectivity index (χ2n) is 4.76. The number of amides is 1. The van der Waals surface area contributed by atoms with Gasteiger partial charge in [0.1, 0.15) is 5.70 Å². The van der Waals surface area contributed by atoms with Crippen molar-refractivity contribution < 1.29 is 24.2 Å². The quantitative estimate of drug-likeness (QED) is 0.756. The van der Waals surface area contributed by atoms with Crippen LogP contribution in [0.3, 0.4) is 0 Å². The molecule has 0 aromatic heterocycles. The minimum absolute atomic E-state index is 0.0579. The van der Waals surface area contributed by atoms with Gasteiger partial charge in [-0.25, -0.2) is 4.79 Å². The Bertz CT molecular complexity index is 580.